The topological polar surface area (TPSA) is 102 Å². The molecule has 25 heavy (non-hydrogen) atoms. The molecule has 2 amide bonds. The van der Waals surface area contributed by atoms with Crippen LogP contribution in [0.3, 0.4) is 0 Å². The van der Waals surface area contributed by atoms with Crippen LogP contribution in [0.4, 0.5) is 5.13 Å². The summed E-state index contributed by atoms with van der Waals surface area (Å²) in [5, 5.41) is 2.45. The SMILES string of the molecule is NC(=O)c1cccc(CC2CCN(C(=O)CCc3csc(N)n3)C2)c1. The van der Waals surface area contributed by atoms with E-state index < -0.39 is 5.91 Å². The minimum Gasteiger partial charge on any atom is -0.375 e. The standard InChI is InChI=1S/C18H22N4O2S/c19-17(24)14-3-1-2-12(9-14)8-13-6-7-22(10-13)16(23)5-4-15-11-25-18(20)21-15/h1-3,9,11,13H,4-8,10H2,(H2,19,24)(H2,20,21). The summed E-state index contributed by atoms with van der Waals surface area (Å²) in [6.45, 7) is 1.55. The number of nitrogen functional groups attached to an aromatic ring is 1. The Morgan fingerprint density at radius 1 is 1.36 bits per heavy atom. The summed E-state index contributed by atoms with van der Waals surface area (Å²) < 4.78 is 0. The van der Waals surface area contributed by atoms with Crippen molar-refractivity contribution in [3.05, 3.63) is 46.5 Å². The van der Waals surface area contributed by atoms with Crippen molar-refractivity contribution in [2.45, 2.75) is 25.7 Å². The van der Waals surface area contributed by atoms with Crippen LogP contribution in [0, 0.1) is 5.92 Å². The Kier molecular flexibility index (Phi) is 5.33. The first-order chi connectivity index (χ1) is 12.0. The molecule has 1 aliphatic rings. The molecule has 132 valence electrons. The Morgan fingerprint density at radius 3 is 2.92 bits per heavy atom. The van der Waals surface area contributed by atoms with Crippen LogP contribution < -0.4 is 11.5 Å². The van der Waals surface area contributed by atoms with Crippen LogP contribution in [0.15, 0.2) is 29.6 Å². The van der Waals surface area contributed by atoms with Crippen molar-refractivity contribution < 1.29 is 9.59 Å². The van der Waals surface area contributed by atoms with Gasteiger partial charge in [0.2, 0.25) is 11.8 Å². The van der Waals surface area contributed by atoms with Gasteiger partial charge >= 0.3 is 0 Å². The van der Waals surface area contributed by atoms with Crippen LogP contribution in [0.2, 0.25) is 0 Å². The molecule has 3 rings (SSSR count). The largest absolute Gasteiger partial charge is 0.375 e. The minimum absolute atomic E-state index is 0.167. The van der Waals surface area contributed by atoms with E-state index in [1.165, 1.54) is 11.3 Å². The van der Waals surface area contributed by atoms with Crippen molar-refractivity contribution in [3.63, 3.8) is 0 Å². The third-order valence-electron chi connectivity index (χ3n) is 4.54. The van der Waals surface area contributed by atoms with E-state index in [1.54, 1.807) is 6.07 Å². The minimum atomic E-state index is -0.409. The van der Waals surface area contributed by atoms with E-state index in [4.69, 9.17) is 11.5 Å². The molecule has 1 aromatic heterocycles. The van der Waals surface area contributed by atoms with Gasteiger partial charge < -0.3 is 16.4 Å². The summed E-state index contributed by atoms with van der Waals surface area (Å²) in [7, 11) is 0. The molecule has 1 unspecified atom stereocenters. The van der Waals surface area contributed by atoms with E-state index in [2.05, 4.69) is 4.98 Å². The smallest absolute Gasteiger partial charge is 0.248 e. The molecule has 0 radical (unpaired) electrons. The number of anilines is 1. The van der Waals surface area contributed by atoms with Gasteiger partial charge in [-0.15, -0.1) is 11.3 Å². The highest BCUT2D eigenvalue weighted by Gasteiger charge is 2.26. The van der Waals surface area contributed by atoms with Crippen molar-refractivity contribution in [3.8, 4) is 0 Å². The zero-order chi connectivity index (χ0) is 17.8. The maximum Gasteiger partial charge on any atom is 0.248 e. The molecule has 1 fully saturated rings. The maximum atomic E-state index is 12.4. The molecule has 1 aliphatic heterocycles. The average Bonchev–Trinajstić information content (AvgIpc) is 3.22. The molecule has 7 heteroatoms. The second-order valence-electron chi connectivity index (χ2n) is 6.44. The number of rotatable bonds is 6. The van der Waals surface area contributed by atoms with Crippen LogP contribution in [0.1, 0.15) is 34.5 Å². The molecule has 0 aliphatic carbocycles. The van der Waals surface area contributed by atoms with Crippen molar-refractivity contribution in [1.82, 2.24) is 9.88 Å². The lowest BCUT2D eigenvalue weighted by atomic mass is 9.97. The first-order valence-corrected chi connectivity index (χ1v) is 9.25. The third kappa shape index (κ3) is 4.57. The fourth-order valence-corrected chi connectivity index (χ4v) is 3.84. The summed E-state index contributed by atoms with van der Waals surface area (Å²) >= 11 is 1.40. The number of carbonyl (C=O) groups excluding carboxylic acids is 2. The van der Waals surface area contributed by atoms with Gasteiger partial charge in [-0.1, -0.05) is 12.1 Å². The molecule has 2 heterocycles. The van der Waals surface area contributed by atoms with E-state index in [0.29, 0.717) is 29.5 Å². The number of aryl methyl sites for hydroxylation is 1. The van der Waals surface area contributed by atoms with Crippen LogP contribution in [0.25, 0.3) is 0 Å². The first kappa shape index (κ1) is 17.4. The molecule has 1 atom stereocenters. The lowest BCUT2D eigenvalue weighted by Crippen LogP contribution is -2.29. The highest BCUT2D eigenvalue weighted by Crippen LogP contribution is 2.22. The molecule has 1 saturated heterocycles. The molecule has 0 bridgehead atoms. The number of nitrogens with zero attached hydrogens (tertiary/aromatic N) is 2. The van der Waals surface area contributed by atoms with Gasteiger partial charge in [0.15, 0.2) is 5.13 Å². The molecule has 1 aromatic carbocycles. The molecule has 4 N–H and O–H groups in total. The van der Waals surface area contributed by atoms with Gasteiger partial charge in [0.1, 0.15) is 0 Å². The number of carbonyl (C=O) groups is 2. The number of nitrogens with two attached hydrogens (primary N) is 2. The van der Waals surface area contributed by atoms with E-state index in [-0.39, 0.29) is 5.91 Å². The molecule has 0 saturated carbocycles. The Bertz CT molecular complexity index is 774. The number of benzene rings is 1. The summed E-state index contributed by atoms with van der Waals surface area (Å²) in [5.41, 5.74) is 13.5. The Morgan fingerprint density at radius 2 is 2.20 bits per heavy atom. The Labute approximate surface area is 150 Å². The number of amides is 2. The molecule has 0 spiro atoms. The van der Waals surface area contributed by atoms with Crippen LogP contribution in [0.5, 0.6) is 0 Å². The van der Waals surface area contributed by atoms with Gasteiger partial charge in [-0.3, -0.25) is 9.59 Å². The number of thiazole rings is 1. The summed E-state index contributed by atoms with van der Waals surface area (Å²) in [6, 6.07) is 7.43. The van der Waals surface area contributed by atoms with Gasteiger partial charge in [-0.2, -0.15) is 0 Å². The van der Waals surface area contributed by atoms with Crippen LogP contribution in [-0.2, 0) is 17.6 Å². The predicted octanol–water partition coefficient (Wildman–Crippen LogP) is 1.85. The van der Waals surface area contributed by atoms with Gasteiger partial charge in [0.05, 0.1) is 5.69 Å². The second-order valence-corrected chi connectivity index (χ2v) is 7.33. The van der Waals surface area contributed by atoms with Crippen LogP contribution >= 0.6 is 11.3 Å². The maximum absolute atomic E-state index is 12.4. The second kappa shape index (κ2) is 7.65. The first-order valence-electron chi connectivity index (χ1n) is 8.37. The van der Waals surface area contributed by atoms with Crippen LogP contribution in [-0.4, -0.2) is 34.8 Å². The summed E-state index contributed by atoms with van der Waals surface area (Å²) in [4.78, 5) is 29.8. The fourth-order valence-electron chi connectivity index (χ4n) is 3.24. The number of primary amides is 1. The summed E-state index contributed by atoms with van der Waals surface area (Å²) in [5.74, 6) is 0.176. The molecule has 6 nitrogen and oxygen atoms in total. The highest BCUT2D eigenvalue weighted by atomic mass is 32.1. The normalized spacial score (nSPS) is 17.0. The highest BCUT2D eigenvalue weighted by molar-refractivity contribution is 7.13. The molecule has 2 aromatic rings. The predicted molar refractivity (Wildman–Crippen MR) is 98.2 cm³/mol. The number of likely N-dealkylation sites (tertiary alicyclic amines) is 1. The van der Waals surface area contributed by atoms with Crippen molar-refractivity contribution in [2.75, 3.05) is 18.8 Å². The Balaban J connectivity index is 1.50. The van der Waals surface area contributed by atoms with Gasteiger partial charge in [0, 0.05) is 30.5 Å². The van der Waals surface area contributed by atoms with Gasteiger partial charge in [-0.25, -0.2) is 4.98 Å². The van der Waals surface area contributed by atoms with Crippen molar-refractivity contribution >= 4 is 28.3 Å². The van der Waals surface area contributed by atoms with Crippen molar-refractivity contribution in [1.29, 1.82) is 0 Å². The molecular weight excluding hydrogens is 336 g/mol. The lowest BCUT2D eigenvalue weighted by molar-refractivity contribution is -0.130. The van der Waals surface area contributed by atoms with Gasteiger partial charge in [-0.05, 0) is 42.9 Å². The Hall–Kier alpha value is -2.41. The fraction of sp³-hybridized carbons (Fsp3) is 0.389. The average molecular weight is 358 g/mol. The monoisotopic (exact) mass is 358 g/mol. The number of aromatic nitrogens is 1. The number of hydrogen-bond acceptors (Lipinski definition) is 5. The number of hydrogen-bond donors (Lipinski definition) is 2. The summed E-state index contributed by atoms with van der Waals surface area (Å²) in [6.07, 6.45) is 2.94. The van der Waals surface area contributed by atoms with Gasteiger partial charge in [0.25, 0.3) is 0 Å². The molecular formula is C18H22N4O2S. The van der Waals surface area contributed by atoms with E-state index in [1.807, 2.05) is 28.5 Å². The lowest BCUT2D eigenvalue weighted by Gasteiger charge is -2.16. The zero-order valence-electron chi connectivity index (χ0n) is 14.0. The zero-order valence-corrected chi connectivity index (χ0v) is 14.8. The van der Waals surface area contributed by atoms with E-state index in [9.17, 15) is 9.59 Å². The van der Waals surface area contributed by atoms with E-state index >= 15 is 0 Å². The third-order valence-corrected chi connectivity index (χ3v) is 5.26. The van der Waals surface area contributed by atoms with E-state index in [0.717, 1.165) is 37.2 Å². The quantitative estimate of drug-likeness (QED) is 0.822. The van der Waals surface area contributed by atoms with Crippen molar-refractivity contribution in [2.24, 2.45) is 11.7 Å².